The summed E-state index contributed by atoms with van der Waals surface area (Å²) in [6.45, 7) is 4.86. The zero-order chi connectivity index (χ0) is 15.4. The lowest BCUT2D eigenvalue weighted by Crippen LogP contribution is -2.53. The highest BCUT2D eigenvalue weighted by Crippen LogP contribution is 2.25. The third-order valence-corrected chi connectivity index (χ3v) is 5.01. The quantitative estimate of drug-likeness (QED) is 0.893. The minimum atomic E-state index is -0.919. The first kappa shape index (κ1) is 15.8. The topological polar surface area (TPSA) is 82.5 Å². The number of hydrogen-bond donors (Lipinski definition) is 2. The fourth-order valence-corrected chi connectivity index (χ4v) is 3.36. The summed E-state index contributed by atoms with van der Waals surface area (Å²) in [5.74, 6) is -0.531. The van der Waals surface area contributed by atoms with Crippen molar-refractivity contribution in [2.24, 2.45) is 5.92 Å². The summed E-state index contributed by atoms with van der Waals surface area (Å²) < 4.78 is 0. The number of aryl methyl sites for hydroxylation is 1. The van der Waals surface area contributed by atoms with Crippen molar-refractivity contribution < 1.29 is 14.7 Å². The number of carboxylic acids is 1. The lowest BCUT2D eigenvalue weighted by Gasteiger charge is -2.36. The SMILES string of the molecule is CCC1CCN(C(=O)NCc2scnc2C)C(C(=O)O)C1. The number of urea groups is 1. The molecule has 1 aliphatic rings. The second-order valence-corrected chi connectivity index (χ2v) is 6.31. The molecule has 2 atom stereocenters. The smallest absolute Gasteiger partial charge is 0.326 e. The molecule has 2 rings (SSSR count). The first-order valence-corrected chi connectivity index (χ1v) is 8.07. The lowest BCUT2D eigenvalue weighted by atomic mass is 9.89. The Bertz CT molecular complexity index is 517. The van der Waals surface area contributed by atoms with Crippen molar-refractivity contribution in [1.82, 2.24) is 15.2 Å². The summed E-state index contributed by atoms with van der Waals surface area (Å²) in [5.41, 5.74) is 2.64. The number of carbonyl (C=O) groups excluding carboxylic acids is 1. The molecule has 1 aromatic heterocycles. The minimum absolute atomic E-state index is 0.301. The molecule has 116 valence electrons. The van der Waals surface area contributed by atoms with Crippen LogP contribution in [-0.4, -0.2) is 39.6 Å². The Morgan fingerprint density at radius 2 is 2.33 bits per heavy atom. The summed E-state index contributed by atoms with van der Waals surface area (Å²) in [6.07, 6.45) is 2.37. The normalized spacial score (nSPS) is 22.1. The molecule has 0 aromatic carbocycles. The highest BCUT2D eigenvalue weighted by atomic mass is 32.1. The number of likely N-dealkylation sites (tertiary alicyclic amines) is 1. The summed E-state index contributed by atoms with van der Waals surface area (Å²) in [4.78, 5) is 30.2. The molecule has 1 aliphatic heterocycles. The Morgan fingerprint density at radius 1 is 1.57 bits per heavy atom. The van der Waals surface area contributed by atoms with Crippen LogP contribution in [0.4, 0.5) is 4.79 Å². The molecule has 0 saturated carbocycles. The van der Waals surface area contributed by atoms with Crippen molar-refractivity contribution in [3.63, 3.8) is 0 Å². The number of aliphatic carboxylic acids is 1. The van der Waals surface area contributed by atoms with E-state index in [1.807, 2.05) is 6.92 Å². The molecule has 0 radical (unpaired) electrons. The van der Waals surface area contributed by atoms with E-state index < -0.39 is 12.0 Å². The van der Waals surface area contributed by atoms with E-state index in [-0.39, 0.29) is 6.03 Å². The lowest BCUT2D eigenvalue weighted by molar-refractivity contribution is -0.144. The van der Waals surface area contributed by atoms with Crippen LogP contribution in [0, 0.1) is 12.8 Å². The number of amides is 2. The number of hydrogen-bond acceptors (Lipinski definition) is 4. The Morgan fingerprint density at radius 3 is 2.90 bits per heavy atom. The van der Waals surface area contributed by atoms with Crippen molar-refractivity contribution in [2.75, 3.05) is 6.54 Å². The van der Waals surface area contributed by atoms with Gasteiger partial charge in [-0.2, -0.15) is 0 Å². The fraction of sp³-hybridized carbons (Fsp3) is 0.643. The van der Waals surface area contributed by atoms with Crippen LogP contribution < -0.4 is 5.32 Å². The maximum atomic E-state index is 12.3. The van der Waals surface area contributed by atoms with Crippen molar-refractivity contribution in [3.8, 4) is 0 Å². The Hall–Kier alpha value is -1.63. The predicted molar refractivity (Wildman–Crippen MR) is 80.2 cm³/mol. The summed E-state index contributed by atoms with van der Waals surface area (Å²) in [7, 11) is 0. The van der Waals surface area contributed by atoms with Crippen LogP contribution in [0.15, 0.2) is 5.51 Å². The third kappa shape index (κ3) is 3.72. The Balaban J connectivity index is 1.97. The number of nitrogens with zero attached hydrogens (tertiary/aromatic N) is 2. The number of nitrogens with one attached hydrogen (secondary N) is 1. The summed E-state index contributed by atoms with van der Waals surface area (Å²) in [6, 6.07) is -1.02. The van der Waals surface area contributed by atoms with Gasteiger partial charge >= 0.3 is 12.0 Å². The van der Waals surface area contributed by atoms with E-state index in [1.54, 1.807) is 5.51 Å². The van der Waals surface area contributed by atoms with Crippen LogP contribution >= 0.6 is 11.3 Å². The van der Waals surface area contributed by atoms with Crippen molar-refractivity contribution in [3.05, 3.63) is 16.1 Å². The molecule has 21 heavy (non-hydrogen) atoms. The molecule has 0 aliphatic carbocycles. The summed E-state index contributed by atoms with van der Waals surface area (Å²) >= 11 is 1.49. The van der Waals surface area contributed by atoms with Gasteiger partial charge in [-0.3, -0.25) is 0 Å². The molecule has 2 amide bonds. The average molecular weight is 311 g/mol. The molecule has 1 fully saturated rings. The number of carboxylic acid groups (broad SMARTS) is 1. The van der Waals surface area contributed by atoms with Crippen molar-refractivity contribution >= 4 is 23.3 Å². The Kier molecular flexibility index (Phi) is 5.17. The van der Waals surface area contributed by atoms with Gasteiger partial charge in [0.2, 0.25) is 0 Å². The van der Waals surface area contributed by atoms with Crippen LogP contribution in [0.25, 0.3) is 0 Å². The number of carbonyl (C=O) groups is 2. The molecule has 1 aromatic rings. The molecule has 2 N–H and O–H groups in total. The number of thiazole rings is 1. The standard InChI is InChI=1S/C14H21N3O3S/c1-3-10-4-5-17(11(6-10)13(18)19)14(20)15-7-12-9(2)16-8-21-12/h8,10-11H,3-7H2,1-2H3,(H,15,20)(H,18,19). The first-order valence-electron chi connectivity index (χ1n) is 7.19. The van der Waals surface area contributed by atoms with E-state index in [2.05, 4.69) is 17.2 Å². The average Bonchev–Trinajstić information content (AvgIpc) is 2.89. The molecule has 0 spiro atoms. The van der Waals surface area contributed by atoms with E-state index in [4.69, 9.17) is 0 Å². The van der Waals surface area contributed by atoms with Crippen LogP contribution in [-0.2, 0) is 11.3 Å². The molecule has 7 heteroatoms. The van der Waals surface area contributed by atoms with E-state index in [1.165, 1.54) is 16.2 Å². The number of piperidine rings is 1. The largest absolute Gasteiger partial charge is 0.480 e. The van der Waals surface area contributed by atoms with Crippen LogP contribution in [0.5, 0.6) is 0 Å². The fourth-order valence-electron chi connectivity index (χ4n) is 2.64. The molecule has 2 unspecified atom stereocenters. The van der Waals surface area contributed by atoms with Crippen LogP contribution in [0.1, 0.15) is 36.8 Å². The van der Waals surface area contributed by atoms with Gasteiger partial charge in [-0.15, -0.1) is 11.3 Å². The van der Waals surface area contributed by atoms with Crippen LogP contribution in [0.2, 0.25) is 0 Å². The van der Waals surface area contributed by atoms with Crippen molar-refractivity contribution in [1.29, 1.82) is 0 Å². The van der Waals surface area contributed by atoms with Crippen LogP contribution in [0.3, 0.4) is 0 Å². The highest BCUT2D eigenvalue weighted by Gasteiger charge is 2.35. The second kappa shape index (κ2) is 6.89. The minimum Gasteiger partial charge on any atom is -0.480 e. The van der Waals surface area contributed by atoms with E-state index in [0.29, 0.717) is 25.4 Å². The van der Waals surface area contributed by atoms with Gasteiger partial charge in [0.25, 0.3) is 0 Å². The zero-order valence-corrected chi connectivity index (χ0v) is 13.2. The molecule has 0 bridgehead atoms. The second-order valence-electron chi connectivity index (χ2n) is 5.37. The Labute approximate surface area is 128 Å². The van der Waals surface area contributed by atoms with E-state index >= 15 is 0 Å². The van der Waals surface area contributed by atoms with Gasteiger partial charge in [0.15, 0.2) is 0 Å². The van der Waals surface area contributed by atoms with Gasteiger partial charge in [-0.05, 0) is 25.7 Å². The van der Waals surface area contributed by atoms with Gasteiger partial charge in [0.1, 0.15) is 6.04 Å². The highest BCUT2D eigenvalue weighted by molar-refractivity contribution is 7.09. The predicted octanol–water partition coefficient (Wildman–Crippen LogP) is 2.24. The first-order chi connectivity index (χ1) is 10.0. The van der Waals surface area contributed by atoms with Gasteiger partial charge in [0.05, 0.1) is 17.7 Å². The molecule has 6 nitrogen and oxygen atoms in total. The summed E-state index contributed by atoms with van der Waals surface area (Å²) in [5, 5.41) is 12.1. The van der Waals surface area contributed by atoms with E-state index in [0.717, 1.165) is 23.4 Å². The molecule has 1 saturated heterocycles. The number of rotatable bonds is 4. The molecular weight excluding hydrogens is 290 g/mol. The number of aromatic nitrogens is 1. The molecular formula is C14H21N3O3S. The zero-order valence-electron chi connectivity index (χ0n) is 12.3. The van der Waals surface area contributed by atoms with Gasteiger partial charge in [-0.25, -0.2) is 14.6 Å². The van der Waals surface area contributed by atoms with Gasteiger partial charge < -0.3 is 15.3 Å². The van der Waals surface area contributed by atoms with Gasteiger partial charge in [-0.1, -0.05) is 13.3 Å². The maximum Gasteiger partial charge on any atom is 0.326 e. The monoisotopic (exact) mass is 311 g/mol. The van der Waals surface area contributed by atoms with E-state index in [9.17, 15) is 14.7 Å². The van der Waals surface area contributed by atoms with Crippen molar-refractivity contribution in [2.45, 2.75) is 45.7 Å². The maximum absolute atomic E-state index is 12.3. The third-order valence-electron chi connectivity index (χ3n) is 4.08. The van der Waals surface area contributed by atoms with Gasteiger partial charge in [0, 0.05) is 11.4 Å². The molecule has 2 heterocycles.